The van der Waals surface area contributed by atoms with Crippen molar-refractivity contribution < 1.29 is 19.8 Å². The monoisotopic (exact) mass is 311 g/mol. The zero-order valence-electron chi connectivity index (χ0n) is 13.3. The van der Waals surface area contributed by atoms with E-state index < -0.39 is 29.6 Å². The maximum atomic E-state index is 12.1. The Kier molecular flexibility index (Phi) is 4.76. The number of aryl methyl sites for hydroxylation is 1. The topological polar surface area (TPSA) is 132 Å². The van der Waals surface area contributed by atoms with E-state index >= 15 is 0 Å². The van der Waals surface area contributed by atoms with Gasteiger partial charge in [-0.2, -0.15) is 0 Å². The van der Waals surface area contributed by atoms with Crippen molar-refractivity contribution in [1.29, 1.82) is 0 Å². The lowest BCUT2D eigenvalue weighted by atomic mass is 9.95. The highest BCUT2D eigenvalue weighted by Crippen LogP contribution is 2.17. The molecule has 1 unspecified atom stereocenters. The number of hydrogen-bond acceptors (Lipinski definition) is 5. The first-order valence-corrected chi connectivity index (χ1v) is 6.71. The first kappa shape index (κ1) is 17.8. The summed E-state index contributed by atoms with van der Waals surface area (Å²) >= 11 is 0. The van der Waals surface area contributed by atoms with E-state index in [4.69, 9.17) is 5.11 Å². The largest absolute Gasteiger partial charge is 0.479 e. The second-order valence-electron chi connectivity index (χ2n) is 6.39. The van der Waals surface area contributed by atoms with Crippen molar-refractivity contribution >= 4 is 11.9 Å². The standard InChI is InChI=1S/C14H21N3O5/c1-7-8(9(18)15-6-14(5,22)12(20)21)10(19)17-11(16-7)13(2,3)4/h22H,6H2,1-5H3,(H,15,18)(H,20,21)(H,16,17,19). The third kappa shape index (κ3) is 3.91. The van der Waals surface area contributed by atoms with E-state index in [0.29, 0.717) is 5.82 Å². The third-order valence-corrected chi connectivity index (χ3v) is 3.09. The average molecular weight is 311 g/mol. The molecule has 1 aromatic rings. The first-order chi connectivity index (χ1) is 9.86. The number of aromatic nitrogens is 2. The van der Waals surface area contributed by atoms with Crippen LogP contribution < -0.4 is 10.9 Å². The Labute approximate surface area is 127 Å². The molecule has 0 radical (unpaired) electrons. The van der Waals surface area contributed by atoms with Gasteiger partial charge in [-0.25, -0.2) is 9.78 Å². The average Bonchev–Trinajstić information content (AvgIpc) is 2.34. The smallest absolute Gasteiger partial charge is 0.337 e. The van der Waals surface area contributed by atoms with Gasteiger partial charge in [0.1, 0.15) is 11.4 Å². The summed E-state index contributed by atoms with van der Waals surface area (Å²) in [6, 6.07) is 0. The van der Waals surface area contributed by atoms with Gasteiger partial charge in [0.15, 0.2) is 5.60 Å². The quantitative estimate of drug-likeness (QED) is 0.616. The van der Waals surface area contributed by atoms with E-state index in [0.717, 1.165) is 6.92 Å². The van der Waals surface area contributed by atoms with E-state index in [-0.39, 0.29) is 16.7 Å². The predicted molar refractivity (Wildman–Crippen MR) is 78.9 cm³/mol. The summed E-state index contributed by atoms with van der Waals surface area (Å²) < 4.78 is 0. The van der Waals surface area contributed by atoms with Crippen LogP contribution in [0.3, 0.4) is 0 Å². The molecule has 0 aliphatic rings. The molecule has 0 aromatic carbocycles. The molecule has 8 nitrogen and oxygen atoms in total. The molecule has 8 heteroatoms. The van der Waals surface area contributed by atoms with E-state index in [9.17, 15) is 19.5 Å². The van der Waals surface area contributed by atoms with Crippen molar-refractivity contribution in [3.8, 4) is 0 Å². The number of hydrogen-bond donors (Lipinski definition) is 4. The zero-order chi connectivity index (χ0) is 17.3. The minimum atomic E-state index is -2.12. The molecule has 0 aliphatic carbocycles. The normalized spacial score (nSPS) is 14.3. The highest BCUT2D eigenvalue weighted by atomic mass is 16.4. The Morgan fingerprint density at radius 1 is 1.27 bits per heavy atom. The molecule has 0 saturated heterocycles. The van der Waals surface area contributed by atoms with Crippen molar-refractivity contribution in [3.05, 3.63) is 27.4 Å². The Morgan fingerprint density at radius 2 is 1.82 bits per heavy atom. The molecule has 1 heterocycles. The van der Waals surface area contributed by atoms with Crippen LogP contribution in [0.2, 0.25) is 0 Å². The van der Waals surface area contributed by atoms with Crippen molar-refractivity contribution in [2.24, 2.45) is 0 Å². The molecule has 1 aromatic heterocycles. The van der Waals surface area contributed by atoms with Crippen LogP contribution in [-0.2, 0) is 10.2 Å². The molecule has 22 heavy (non-hydrogen) atoms. The highest BCUT2D eigenvalue weighted by molar-refractivity contribution is 5.95. The summed E-state index contributed by atoms with van der Waals surface area (Å²) in [7, 11) is 0. The second kappa shape index (κ2) is 5.88. The third-order valence-electron chi connectivity index (χ3n) is 3.09. The van der Waals surface area contributed by atoms with E-state index in [1.54, 1.807) is 0 Å². The summed E-state index contributed by atoms with van der Waals surface area (Å²) in [5, 5.41) is 20.6. The summed E-state index contributed by atoms with van der Waals surface area (Å²) in [6.45, 7) is 7.65. The van der Waals surface area contributed by atoms with Crippen molar-refractivity contribution in [1.82, 2.24) is 15.3 Å². The lowest BCUT2D eigenvalue weighted by Gasteiger charge is -2.20. The summed E-state index contributed by atoms with van der Waals surface area (Å²) in [6.07, 6.45) is 0. The van der Waals surface area contributed by atoms with Crippen LogP contribution in [-0.4, -0.2) is 44.2 Å². The number of nitrogens with zero attached hydrogens (tertiary/aromatic N) is 1. The molecule has 4 N–H and O–H groups in total. The highest BCUT2D eigenvalue weighted by Gasteiger charge is 2.31. The minimum Gasteiger partial charge on any atom is -0.479 e. The number of carboxylic acids is 1. The van der Waals surface area contributed by atoms with Crippen LogP contribution >= 0.6 is 0 Å². The van der Waals surface area contributed by atoms with Crippen LogP contribution in [0.4, 0.5) is 0 Å². The Balaban J connectivity index is 3.06. The van der Waals surface area contributed by atoms with Gasteiger partial charge < -0.3 is 20.5 Å². The molecular weight excluding hydrogens is 290 g/mol. The van der Waals surface area contributed by atoms with Gasteiger partial charge in [-0.15, -0.1) is 0 Å². The van der Waals surface area contributed by atoms with Gasteiger partial charge in [0.25, 0.3) is 11.5 Å². The van der Waals surface area contributed by atoms with Gasteiger partial charge in [0, 0.05) is 5.41 Å². The van der Waals surface area contributed by atoms with Crippen molar-refractivity contribution in [2.45, 2.75) is 45.6 Å². The molecule has 122 valence electrons. The van der Waals surface area contributed by atoms with Gasteiger partial charge in [0.2, 0.25) is 0 Å². The summed E-state index contributed by atoms with van der Waals surface area (Å²) in [4.78, 5) is 41.7. The molecule has 0 fully saturated rings. The number of aromatic amines is 1. The van der Waals surface area contributed by atoms with E-state index in [1.807, 2.05) is 20.8 Å². The molecule has 1 rings (SSSR count). The van der Waals surface area contributed by atoms with Gasteiger partial charge in [-0.05, 0) is 13.8 Å². The maximum absolute atomic E-state index is 12.1. The lowest BCUT2D eigenvalue weighted by molar-refractivity contribution is -0.155. The number of carboxylic acid groups (broad SMARTS) is 1. The van der Waals surface area contributed by atoms with Crippen LogP contribution in [0.1, 0.15) is 49.6 Å². The van der Waals surface area contributed by atoms with E-state index in [1.165, 1.54) is 6.92 Å². The van der Waals surface area contributed by atoms with Gasteiger partial charge in [-0.3, -0.25) is 9.59 Å². The van der Waals surface area contributed by atoms with Gasteiger partial charge >= 0.3 is 5.97 Å². The summed E-state index contributed by atoms with van der Waals surface area (Å²) in [5.74, 6) is -1.81. The molecule has 1 amide bonds. The van der Waals surface area contributed by atoms with Crippen molar-refractivity contribution in [2.75, 3.05) is 6.54 Å². The predicted octanol–water partition coefficient (Wildman–Crippen LogP) is -0.0588. The van der Waals surface area contributed by atoms with Crippen LogP contribution in [0.25, 0.3) is 0 Å². The second-order valence-corrected chi connectivity index (χ2v) is 6.39. The fourth-order valence-corrected chi connectivity index (χ4v) is 1.62. The first-order valence-electron chi connectivity index (χ1n) is 6.71. The molecule has 0 saturated carbocycles. The number of carbonyl (C=O) groups excluding carboxylic acids is 1. The van der Waals surface area contributed by atoms with Gasteiger partial charge in [-0.1, -0.05) is 20.8 Å². The molecular formula is C14H21N3O5. The zero-order valence-corrected chi connectivity index (χ0v) is 13.3. The van der Waals surface area contributed by atoms with E-state index in [2.05, 4.69) is 15.3 Å². The maximum Gasteiger partial charge on any atom is 0.337 e. The Morgan fingerprint density at radius 3 is 2.23 bits per heavy atom. The number of nitrogens with one attached hydrogen (secondary N) is 2. The minimum absolute atomic E-state index is 0.200. The number of H-pyrrole nitrogens is 1. The van der Waals surface area contributed by atoms with Gasteiger partial charge in [0.05, 0.1) is 12.2 Å². The lowest BCUT2D eigenvalue weighted by Crippen LogP contribution is -2.47. The molecule has 0 bridgehead atoms. The fourth-order valence-electron chi connectivity index (χ4n) is 1.62. The van der Waals surface area contributed by atoms with Crippen LogP contribution in [0, 0.1) is 6.92 Å². The number of carbonyl (C=O) groups is 2. The SMILES string of the molecule is Cc1nc(C(C)(C)C)[nH]c(=O)c1C(=O)NCC(C)(O)C(=O)O. The summed E-state index contributed by atoms with van der Waals surface area (Å²) in [5.41, 5.74) is -3.07. The number of amides is 1. The van der Waals surface area contributed by atoms with Crippen LogP contribution in [0.15, 0.2) is 4.79 Å². The van der Waals surface area contributed by atoms with Crippen LogP contribution in [0.5, 0.6) is 0 Å². The fraction of sp³-hybridized carbons (Fsp3) is 0.571. The number of aliphatic carboxylic acids is 1. The Bertz CT molecular complexity index is 655. The molecule has 1 atom stereocenters. The number of aliphatic hydroxyl groups is 1. The van der Waals surface area contributed by atoms with Crippen molar-refractivity contribution in [3.63, 3.8) is 0 Å². The molecule has 0 aliphatic heterocycles. The Hall–Kier alpha value is -2.22. The molecule has 0 spiro atoms. The number of rotatable bonds is 4.